The summed E-state index contributed by atoms with van der Waals surface area (Å²) < 4.78 is 19.9. The van der Waals surface area contributed by atoms with Crippen LogP contribution < -0.4 is 0 Å². The predicted octanol–water partition coefficient (Wildman–Crippen LogP) is 7.87. The Bertz CT molecular complexity index is 1250. The molecule has 0 amide bonds. The van der Waals surface area contributed by atoms with Crippen molar-refractivity contribution >= 4 is 11.9 Å². The molecular weight excluding hydrogens is 590 g/mol. The van der Waals surface area contributed by atoms with Crippen molar-refractivity contribution in [2.75, 3.05) is 33.9 Å². The number of carboxylic acid groups (broad SMARTS) is 1. The SMILES string of the molecule is CC(=O)O[C@@H]1C[C@@]23COC[C@@](C)([C@@H]2CC[C@H]2C3=CC[C@@]3(C)[C@H](C(=O)O)[C@@](C)([C@H](C)C(C)C)CC[C@]23C)[C@H]1OCC(C)(C(C)C)N(C)C. The first-order chi connectivity index (χ1) is 21.7. The second-order valence-corrected chi connectivity index (χ2v) is 18.8. The van der Waals surface area contributed by atoms with Crippen LogP contribution in [0.3, 0.4) is 0 Å². The number of nitrogens with zero attached hydrogens (tertiary/aromatic N) is 1. The molecule has 0 aromatic heterocycles. The average molecular weight is 658 g/mol. The van der Waals surface area contributed by atoms with E-state index in [1.165, 1.54) is 12.5 Å². The Morgan fingerprint density at radius 3 is 2.26 bits per heavy atom. The third kappa shape index (κ3) is 5.20. The topological polar surface area (TPSA) is 85.3 Å². The molecule has 12 atom stereocenters. The highest BCUT2D eigenvalue weighted by Crippen LogP contribution is 2.75. The first kappa shape index (κ1) is 36.8. The molecule has 1 heterocycles. The first-order valence-electron chi connectivity index (χ1n) is 18.6. The van der Waals surface area contributed by atoms with E-state index in [0.29, 0.717) is 49.9 Å². The summed E-state index contributed by atoms with van der Waals surface area (Å²) in [5, 5.41) is 11.0. The predicted molar refractivity (Wildman–Crippen MR) is 186 cm³/mol. The molecule has 5 aliphatic rings. The molecule has 2 bridgehead atoms. The molecule has 1 aliphatic heterocycles. The van der Waals surface area contributed by atoms with Gasteiger partial charge in [0.2, 0.25) is 0 Å². The highest BCUT2D eigenvalue weighted by Gasteiger charge is 2.72. The number of allylic oxidation sites excluding steroid dienone is 1. The molecule has 1 saturated heterocycles. The third-order valence-corrected chi connectivity index (χ3v) is 16.2. The maximum Gasteiger partial charge on any atom is 0.307 e. The number of rotatable bonds is 9. The van der Waals surface area contributed by atoms with Crippen LogP contribution in [-0.2, 0) is 23.8 Å². The molecule has 7 nitrogen and oxygen atoms in total. The van der Waals surface area contributed by atoms with Crippen molar-refractivity contribution in [1.29, 1.82) is 0 Å². The minimum Gasteiger partial charge on any atom is -0.481 e. The van der Waals surface area contributed by atoms with E-state index in [4.69, 9.17) is 14.2 Å². The second-order valence-electron chi connectivity index (χ2n) is 18.8. The smallest absolute Gasteiger partial charge is 0.307 e. The van der Waals surface area contributed by atoms with Gasteiger partial charge in [-0.3, -0.25) is 9.59 Å². The zero-order valence-corrected chi connectivity index (χ0v) is 32.0. The molecule has 4 aliphatic carbocycles. The monoisotopic (exact) mass is 657 g/mol. The lowest BCUT2D eigenvalue weighted by molar-refractivity contribution is -0.271. The number of carbonyl (C=O) groups is 2. The molecule has 5 rings (SSSR count). The van der Waals surface area contributed by atoms with E-state index in [0.717, 1.165) is 32.1 Å². The van der Waals surface area contributed by atoms with Gasteiger partial charge >= 0.3 is 11.9 Å². The van der Waals surface area contributed by atoms with Gasteiger partial charge in [0.25, 0.3) is 0 Å². The van der Waals surface area contributed by atoms with Gasteiger partial charge in [0.05, 0.1) is 25.7 Å². The summed E-state index contributed by atoms with van der Waals surface area (Å²) in [7, 11) is 4.23. The standard InChI is InChI=1S/C40H67NO6/c1-24(2)26(5)35(7)18-19-37(9)28-14-15-31-36(8)21-45-23-40(31,29(28)16-17-38(37,10)32(35)34(43)44)20-30(47-27(6)42)33(36)46-22-39(11,25(3)4)41(12)13/h16,24-26,28,30-33H,14-15,17-23H2,1-13H3,(H,43,44)/t26-,28+,30-,31+,32-,33+,35-,36+,37-,38+,39?,40+/m1/s1. The Balaban J connectivity index is 1.57. The van der Waals surface area contributed by atoms with Crippen LogP contribution >= 0.6 is 0 Å². The Kier molecular flexibility index (Phi) is 9.49. The molecule has 4 fully saturated rings. The molecule has 1 unspecified atom stereocenters. The number of hydrogen-bond acceptors (Lipinski definition) is 6. The van der Waals surface area contributed by atoms with Crippen LogP contribution in [-0.4, -0.2) is 73.6 Å². The van der Waals surface area contributed by atoms with Gasteiger partial charge in [0.15, 0.2) is 0 Å². The Morgan fingerprint density at radius 2 is 1.70 bits per heavy atom. The van der Waals surface area contributed by atoms with E-state index in [-0.39, 0.29) is 56.7 Å². The zero-order chi connectivity index (χ0) is 35.1. The molecule has 1 N–H and O–H groups in total. The maximum absolute atomic E-state index is 13.4. The van der Waals surface area contributed by atoms with Crippen LogP contribution in [0.1, 0.15) is 115 Å². The largest absolute Gasteiger partial charge is 0.481 e. The minimum atomic E-state index is -0.635. The molecule has 0 aromatic rings. The number of carbonyl (C=O) groups excluding carboxylic acids is 1. The molecule has 0 aromatic carbocycles. The summed E-state index contributed by atoms with van der Waals surface area (Å²) in [6.07, 6.45) is 7.32. The summed E-state index contributed by atoms with van der Waals surface area (Å²) >= 11 is 0. The maximum atomic E-state index is 13.4. The summed E-state index contributed by atoms with van der Waals surface area (Å²) in [5.74, 6) is 0.394. The number of esters is 1. The number of carboxylic acids is 1. The summed E-state index contributed by atoms with van der Waals surface area (Å²) in [5.41, 5.74) is -0.0846. The lowest BCUT2D eigenvalue weighted by Crippen LogP contribution is -2.70. The van der Waals surface area contributed by atoms with Crippen molar-refractivity contribution in [3.05, 3.63) is 11.6 Å². The van der Waals surface area contributed by atoms with E-state index in [1.54, 1.807) is 0 Å². The second kappa shape index (κ2) is 12.1. The Morgan fingerprint density at radius 1 is 1.04 bits per heavy atom. The Labute approximate surface area is 285 Å². The molecule has 0 radical (unpaired) electrons. The lowest BCUT2D eigenvalue weighted by Gasteiger charge is -2.71. The van der Waals surface area contributed by atoms with Crippen molar-refractivity contribution in [3.8, 4) is 0 Å². The highest BCUT2D eigenvalue weighted by atomic mass is 16.6. The van der Waals surface area contributed by atoms with Gasteiger partial charge < -0.3 is 24.2 Å². The van der Waals surface area contributed by atoms with Crippen molar-refractivity contribution in [3.63, 3.8) is 0 Å². The molecule has 0 spiro atoms. The van der Waals surface area contributed by atoms with Crippen molar-refractivity contribution in [2.45, 2.75) is 132 Å². The van der Waals surface area contributed by atoms with E-state index in [1.807, 2.05) is 0 Å². The summed E-state index contributed by atoms with van der Waals surface area (Å²) in [4.78, 5) is 28.3. The van der Waals surface area contributed by atoms with E-state index in [9.17, 15) is 14.7 Å². The number of fused-ring (bicyclic) bond motifs is 3. The van der Waals surface area contributed by atoms with Crippen LogP contribution in [0.4, 0.5) is 0 Å². The van der Waals surface area contributed by atoms with Crippen molar-refractivity contribution in [2.24, 2.45) is 62.6 Å². The quantitative estimate of drug-likeness (QED) is 0.200. The fourth-order valence-corrected chi connectivity index (χ4v) is 12.3. The van der Waals surface area contributed by atoms with E-state index in [2.05, 4.69) is 94.3 Å². The first-order valence-corrected chi connectivity index (χ1v) is 18.6. The van der Waals surface area contributed by atoms with Crippen LogP contribution in [0.5, 0.6) is 0 Å². The van der Waals surface area contributed by atoms with Crippen LogP contribution in [0.25, 0.3) is 0 Å². The minimum absolute atomic E-state index is 0.154. The van der Waals surface area contributed by atoms with Gasteiger partial charge in [-0.25, -0.2) is 0 Å². The number of hydrogen-bond donors (Lipinski definition) is 1. The van der Waals surface area contributed by atoms with Crippen molar-refractivity contribution < 1.29 is 28.9 Å². The van der Waals surface area contributed by atoms with Crippen LogP contribution in [0.2, 0.25) is 0 Å². The van der Waals surface area contributed by atoms with Gasteiger partial charge in [-0.05, 0) is 105 Å². The molecule has 47 heavy (non-hydrogen) atoms. The molecule has 7 heteroatoms. The number of ether oxygens (including phenoxy) is 3. The van der Waals surface area contributed by atoms with Gasteiger partial charge in [0, 0.05) is 23.3 Å². The normalized spacial score (nSPS) is 44.9. The molecule has 3 saturated carbocycles. The highest BCUT2D eigenvalue weighted by molar-refractivity contribution is 5.73. The van der Waals surface area contributed by atoms with Crippen molar-refractivity contribution in [1.82, 2.24) is 4.90 Å². The molecular formula is C40H67NO6. The average Bonchev–Trinajstić information content (AvgIpc) is 2.96. The third-order valence-electron chi connectivity index (χ3n) is 16.2. The number of aliphatic carboxylic acids is 1. The van der Waals surface area contributed by atoms with Crippen LogP contribution in [0, 0.1) is 62.6 Å². The summed E-state index contributed by atoms with van der Waals surface area (Å²) in [6.45, 7) is 26.1. The Hall–Kier alpha value is -1.44. The van der Waals surface area contributed by atoms with Crippen LogP contribution in [0.15, 0.2) is 11.6 Å². The van der Waals surface area contributed by atoms with Gasteiger partial charge in [0.1, 0.15) is 12.2 Å². The van der Waals surface area contributed by atoms with Gasteiger partial charge in [-0.15, -0.1) is 0 Å². The van der Waals surface area contributed by atoms with E-state index < -0.39 is 11.9 Å². The fourth-order valence-electron chi connectivity index (χ4n) is 12.3. The van der Waals surface area contributed by atoms with Gasteiger partial charge in [-0.2, -0.15) is 0 Å². The summed E-state index contributed by atoms with van der Waals surface area (Å²) in [6, 6.07) is 0. The van der Waals surface area contributed by atoms with E-state index >= 15 is 0 Å². The zero-order valence-electron chi connectivity index (χ0n) is 32.0. The fraction of sp³-hybridized carbons (Fsp3) is 0.900. The molecule has 268 valence electrons. The van der Waals surface area contributed by atoms with Gasteiger partial charge in [-0.1, -0.05) is 74.0 Å². The lowest BCUT2D eigenvalue weighted by atomic mass is 9.34. The number of likely N-dealkylation sites (N-methyl/N-ethyl adjacent to an activating group) is 1.